The van der Waals surface area contributed by atoms with E-state index >= 15 is 0 Å². The summed E-state index contributed by atoms with van der Waals surface area (Å²) >= 11 is 0. The number of hydrogen-bond acceptors (Lipinski definition) is 2. The van der Waals surface area contributed by atoms with Crippen LogP contribution in [0.3, 0.4) is 0 Å². The molecule has 0 saturated carbocycles. The molecule has 1 N–H and O–H groups in total. The Morgan fingerprint density at radius 2 is 2.33 bits per heavy atom. The van der Waals surface area contributed by atoms with Crippen molar-refractivity contribution in [1.29, 1.82) is 0 Å². The third-order valence-electron chi connectivity index (χ3n) is 4.09. The highest BCUT2D eigenvalue weighted by atomic mass is 19.1. The predicted octanol–water partition coefficient (Wildman–Crippen LogP) is 3.25. The minimum atomic E-state index is -0.254. The van der Waals surface area contributed by atoms with Crippen LogP contribution in [0.25, 0.3) is 0 Å². The maximum atomic E-state index is 13.2. The summed E-state index contributed by atoms with van der Waals surface area (Å²) in [4.78, 5) is 12.0. The quantitative estimate of drug-likeness (QED) is 0.905. The minimum absolute atomic E-state index is 0.0225. The number of rotatable bonds is 5. The van der Waals surface area contributed by atoms with E-state index in [-0.39, 0.29) is 23.7 Å². The topological polar surface area (TPSA) is 38.3 Å². The number of carbonyl (C=O) groups excluding carboxylic acids is 1. The van der Waals surface area contributed by atoms with Gasteiger partial charge in [-0.05, 0) is 49.3 Å². The van der Waals surface area contributed by atoms with Crippen LogP contribution in [0.2, 0.25) is 0 Å². The van der Waals surface area contributed by atoms with Crippen LogP contribution in [-0.4, -0.2) is 25.2 Å². The van der Waals surface area contributed by atoms with Crippen LogP contribution in [0.4, 0.5) is 4.39 Å². The maximum absolute atomic E-state index is 13.2. The van der Waals surface area contributed by atoms with Crippen molar-refractivity contribution < 1.29 is 13.9 Å². The van der Waals surface area contributed by atoms with Gasteiger partial charge in [0.05, 0.1) is 6.10 Å². The van der Waals surface area contributed by atoms with Gasteiger partial charge >= 0.3 is 0 Å². The van der Waals surface area contributed by atoms with E-state index in [1.807, 2.05) is 13.0 Å². The van der Waals surface area contributed by atoms with Gasteiger partial charge in [0.15, 0.2) is 0 Å². The number of ether oxygens (including phenoxy) is 1. The van der Waals surface area contributed by atoms with Gasteiger partial charge in [0.1, 0.15) is 5.82 Å². The standard InChI is InChI=1S/C17H24FNO2/c1-12(15-4-3-5-16(18)10-15)8-17(20)19-11-14-6-7-21-13(2)9-14/h3-5,10,12-14H,6-9,11H2,1-2H3,(H,19,20)/t12-,13-,14+/m1/s1. The molecule has 1 saturated heterocycles. The van der Waals surface area contributed by atoms with Crippen molar-refractivity contribution in [2.45, 2.75) is 45.1 Å². The molecule has 1 aliphatic heterocycles. The smallest absolute Gasteiger partial charge is 0.220 e. The lowest BCUT2D eigenvalue weighted by Gasteiger charge is -2.27. The summed E-state index contributed by atoms with van der Waals surface area (Å²) in [5, 5.41) is 3.00. The van der Waals surface area contributed by atoms with E-state index in [0.717, 1.165) is 25.0 Å². The Morgan fingerprint density at radius 3 is 3.05 bits per heavy atom. The molecule has 3 nitrogen and oxygen atoms in total. The third-order valence-corrected chi connectivity index (χ3v) is 4.09. The second-order valence-corrected chi connectivity index (χ2v) is 6.04. The highest BCUT2D eigenvalue weighted by molar-refractivity contribution is 5.76. The van der Waals surface area contributed by atoms with Gasteiger partial charge in [-0.25, -0.2) is 4.39 Å². The molecular weight excluding hydrogens is 269 g/mol. The summed E-state index contributed by atoms with van der Waals surface area (Å²) in [5.74, 6) is 0.304. The van der Waals surface area contributed by atoms with Crippen LogP contribution < -0.4 is 5.32 Å². The van der Waals surface area contributed by atoms with Crippen molar-refractivity contribution in [3.8, 4) is 0 Å². The molecule has 21 heavy (non-hydrogen) atoms. The fourth-order valence-corrected chi connectivity index (χ4v) is 2.82. The second kappa shape index (κ2) is 7.55. The Balaban J connectivity index is 1.76. The Hall–Kier alpha value is -1.42. The summed E-state index contributed by atoms with van der Waals surface area (Å²) in [6, 6.07) is 6.46. The first kappa shape index (κ1) is 16.0. The van der Waals surface area contributed by atoms with Crippen molar-refractivity contribution in [2.75, 3.05) is 13.2 Å². The Bertz CT molecular complexity index is 478. The first-order valence-corrected chi connectivity index (χ1v) is 7.68. The molecule has 0 unspecified atom stereocenters. The largest absolute Gasteiger partial charge is 0.378 e. The van der Waals surface area contributed by atoms with Gasteiger partial charge in [-0.3, -0.25) is 4.79 Å². The molecule has 1 amide bonds. The average Bonchev–Trinajstić information content (AvgIpc) is 2.45. The molecule has 1 fully saturated rings. The highest BCUT2D eigenvalue weighted by Crippen LogP contribution is 2.21. The van der Waals surface area contributed by atoms with E-state index in [1.54, 1.807) is 6.07 Å². The van der Waals surface area contributed by atoms with E-state index < -0.39 is 0 Å². The third kappa shape index (κ3) is 5.12. The van der Waals surface area contributed by atoms with Crippen molar-refractivity contribution in [3.63, 3.8) is 0 Å². The van der Waals surface area contributed by atoms with Crippen LogP contribution >= 0.6 is 0 Å². The van der Waals surface area contributed by atoms with Gasteiger partial charge in [-0.2, -0.15) is 0 Å². The fraction of sp³-hybridized carbons (Fsp3) is 0.588. The molecule has 2 rings (SSSR count). The fourth-order valence-electron chi connectivity index (χ4n) is 2.82. The van der Waals surface area contributed by atoms with Crippen LogP contribution in [0.15, 0.2) is 24.3 Å². The summed E-state index contributed by atoms with van der Waals surface area (Å²) in [6.45, 7) is 5.51. The zero-order valence-corrected chi connectivity index (χ0v) is 12.8. The Labute approximate surface area is 125 Å². The molecule has 1 aliphatic rings. The number of hydrogen-bond donors (Lipinski definition) is 1. The number of amides is 1. The van der Waals surface area contributed by atoms with Gasteiger partial charge in [0, 0.05) is 19.6 Å². The zero-order valence-electron chi connectivity index (χ0n) is 12.8. The molecule has 1 heterocycles. The zero-order chi connectivity index (χ0) is 15.2. The average molecular weight is 293 g/mol. The molecule has 0 aliphatic carbocycles. The molecule has 1 aromatic rings. The summed E-state index contributed by atoms with van der Waals surface area (Å²) in [5.41, 5.74) is 0.866. The Morgan fingerprint density at radius 1 is 1.52 bits per heavy atom. The van der Waals surface area contributed by atoms with Crippen LogP contribution in [-0.2, 0) is 9.53 Å². The van der Waals surface area contributed by atoms with Crippen molar-refractivity contribution in [1.82, 2.24) is 5.32 Å². The van der Waals surface area contributed by atoms with E-state index in [9.17, 15) is 9.18 Å². The van der Waals surface area contributed by atoms with Crippen molar-refractivity contribution in [2.24, 2.45) is 5.92 Å². The first-order chi connectivity index (χ1) is 10.0. The first-order valence-electron chi connectivity index (χ1n) is 7.68. The van der Waals surface area contributed by atoms with Crippen LogP contribution in [0, 0.1) is 11.7 Å². The monoisotopic (exact) mass is 293 g/mol. The SMILES string of the molecule is C[C@@H]1C[C@@H](CNC(=O)C[C@@H](C)c2cccc(F)c2)CCO1. The van der Waals surface area contributed by atoms with Crippen molar-refractivity contribution in [3.05, 3.63) is 35.6 Å². The molecule has 0 aromatic heterocycles. The Kier molecular flexibility index (Phi) is 5.74. The molecule has 3 atom stereocenters. The maximum Gasteiger partial charge on any atom is 0.220 e. The summed E-state index contributed by atoms with van der Waals surface area (Å²) < 4.78 is 18.7. The van der Waals surface area contributed by atoms with E-state index in [4.69, 9.17) is 4.74 Å². The predicted molar refractivity (Wildman–Crippen MR) is 80.6 cm³/mol. The molecule has 0 bridgehead atoms. The van der Waals surface area contributed by atoms with Gasteiger partial charge in [-0.1, -0.05) is 19.1 Å². The van der Waals surface area contributed by atoms with E-state index in [2.05, 4.69) is 12.2 Å². The highest BCUT2D eigenvalue weighted by Gasteiger charge is 2.20. The van der Waals surface area contributed by atoms with Crippen LogP contribution in [0.1, 0.15) is 44.6 Å². The van der Waals surface area contributed by atoms with Gasteiger partial charge in [-0.15, -0.1) is 0 Å². The van der Waals surface area contributed by atoms with E-state index in [0.29, 0.717) is 18.9 Å². The number of nitrogens with one attached hydrogen (secondary N) is 1. The molecular formula is C17H24FNO2. The number of halogens is 1. The lowest BCUT2D eigenvalue weighted by atomic mass is 9.95. The molecule has 4 heteroatoms. The molecule has 1 aromatic carbocycles. The van der Waals surface area contributed by atoms with Crippen LogP contribution in [0.5, 0.6) is 0 Å². The van der Waals surface area contributed by atoms with Gasteiger partial charge < -0.3 is 10.1 Å². The molecule has 0 radical (unpaired) electrons. The summed E-state index contributed by atoms with van der Waals surface area (Å²) in [7, 11) is 0. The van der Waals surface area contributed by atoms with Gasteiger partial charge in [0.2, 0.25) is 5.91 Å². The lowest BCUT2D eigenvalue weighted by Crippen LogP contribution is -2.34. The minimum Gasteiger partial charge on any atom is -0.378 e. The normalized spacial score (nSPS) is 23.6. The molecule has 0 spiro atoms. The second-order valence-electron chi connectivity index (χ2n) is 6.04. The van der Waals surface area contributed by atoms with Crippen molar-refractivity contribution >= 4 is 5.91 Å². The lowest BCUT2D eigenvalue weighted by molar-refractivity contribution is -0.121. The summed E-state index contributed by atoms with van der Waals surface area (Å²) in [6.07, 6.45) is 2.68. The number of carbonyl (C=O) groups is 1. The molecule has 116 valence electrons. The number of benzene rings is 1. The van der Waals surface area contributed by atoms with Gasteiger partial charge in [0.25, 0.3) is 0 Å². The van der Waals surface area contributed by atoms with E-state index in [1.165, 1.54) is 12.1 Å².